The summed E-state index contributed by atoms with van der Waals surface area (Å²) in [6.07, 6.45) is 2.12. The van der Waals surface area contributed by atoms with Gasteiger partial charge in [0.15, 0.2) is 0 Å². The molecule has 0 atom stereocenters. The number of halogens is 1. The van der Waals surface area contributed by atoms with Gasteiger partial charge in [-0.05, 0) is 32.0 Å². The smallest absolute Gasteiger partial charge is 0.132 e. The highest BCUT2D eigenvalue weighted by molar-refractivity contribution is 5.25. The molecule has 2 rings (SSSR count). The van der Waals surface area contributed by atoms with Crippen molar-refractivity contribution < 1.29 is 4.39 Å². The Morgan fingerprint density at radius 1 is 1.00 bits per heavy atom. The molecule has 0 aliphatic carbocycles. The molecule has 0 aliphatic heterocycles. The highest BCUT2D eigenvalue weighted by atomic mass is 19.1. The van der Waals surface area contributed by atoms with Crippen molar-refractivity contribution in [3.05, 3.63) is 71.0 Å². The highest BCUT2D eigenvalue weighted by Crippen LogP contribution is 2.14. The summed E-state index contributed by atoms with van der Waals surface area (Å²) in [5.74, 6) is -0.157. The fraction of sp³-hybridized carbons (Fsp3) is 0.333. The lowest BCUT2D eigenvalue weighted by Gasteiger charge is -2.17. The lowest BCUT2D eigenvalue weighted by atomic mass is 10.1. The second-order valence-corrected chi connectivity index (χ2v) is 5.42. The summed E-state index contributed by atoms with van der Waals surface area (Å²) >= 11 is 0. The van der Waals surface area contributed by atoms with Crippen molar-refractivity contribution in [2.45, 2.75) is 25.9 Å². The molecule has 112 valence electrons. The molecule has 0 aliphatic rings. The largest absolute Gasteiger partial charge is 0.326 e. The van der Waals surface area contributed by atoms with Gasteiger partial charge in [0.1, 0.15) is 5.82 Å². The SMILES string of the molecule is CN(CCCc1ccccc1)Cc1cccc(CN)c1F. The molecule has 0 unspecified atom stereocenters. The van der Waals surface area contributed by atoms with Crippen molar-refractivity contribution in [1.82, 2.24) is 4.90 Å². The van der Waals surface area contributed by atoms with Crippen LogP contribution in [0.2, 0.25) is 0 Å². The van der Waals surface area contributed by atoms with E-state index in [0.29, 0.717) is 12.1 Å². The van der Waals surface area contributed by atoms with Crippen LogP contribution in [0.1, 0.15) is 23.1 Å². The molecule has 0 heterocycles. The third-order valence-corrected chi connectivity index (χ3v) is 3.67. The maximum Gasteiger partial charge on any atom is 0.132 e. The summed E-state index contributed by atoms with van der Waals surface area (Å²) in [6.45, 7) is 1.81. The fourth-order valence-electron chi connectivity index (χ4n) is 2.48. The number of rotatable bonds is 7. The Balaban J connectivity index is 1.83. The minimum atomic E-state index is -0.157. The molecule has 21 heavy (non-hydrogen) atoms. The van der Waals surface area contributed by atoms with Gasteiger partial charge in [0.2, 0.25) is 0 Å². The summed E-state index contributed by atoms with van der Waals surface area (Å²) in [5, 5.41) is 0. The summed E-state index contributed by atoms with van der Waals surface area (Å²) in [7, 11) is 2.03. The summed E-state index contributed by atoms with van der Waals surface area (Å²) in [4.78, 5) is 2.15. The number of benzene rings is 2. The van der Waals surface area contributed by atoms with Crippen molar-refractivity contribution >= 4 is 0 Å². The molecular formula is C18H23FN2. The number of aryl methyl sites for hydroxylation is 1. The molecule has 0 fully saturated rings. The second kappa shape index (κ2) is 7.91. The van der Waals surface area contributed by atoms with Crippen LogP contribution in [0.3, 0.4) is 0 Å². The lowest BCUT2D eigenvalue weighted by molar-refractivity contribution is 0.316. The number of hydrogen-bond donors (Lipinski definition) is 1. The maximum absolute atomic E-state index is 14.1. The fourth-order valence-corrected chi connectivity index (χ4v) is 2.48. The van der Waals surface area contributed by atoms with Crippen LogP contribution in [0.15, 0.2) is 48.5 Å². The monoisotopic (exact) mass is 286 g/mol. The van der Waals surface area contributed by atoms with Crippen LogP contribution in [-0.2, 0) is 19.5 Å². The van der Waals surface area contributed by atoms with E-state index in [1.807, 2.05) is 25.2 Å². The molecule has 0 radical (unpaired) electrons. The van der Waals surface area contributed by atoms with Gasteiger partial charge in [-0.2, -0.15) is 0 Å². The average molecular weight is 286 g/mol. The maximum atomic E-state index is 14.1. The zero-order valence-electron chi connectivity index (χ0n) is 12.6. The van der Waals surface area contributed by atoms with Gasteiger partial charge >= 0.3 is 0 Å². The van der Waals surface area contributed by atoms with Crippen LogP contribution in [0.25, 0.3) is 0 Å². The third-order valence-electron chi connectivity index (χ3n) is 3.67. The number of nitrogens with zero attached hydrogens (tertiary/aromatic N) is 1. The van der Waals surface area contributed by atoms with E-state index in [-0.39, 0.29) is 12.4 Å². The quantitative estimate of drug-likeness (QED) is 0.846. The van der Waals surface area contributed by atoms with Crippen LogP contribution in [0.5, 0.6) is 0 Å². The van der Waals surface area contributed by atoms with Crippen molar-refractivity contribution in [2.24, 2.45) is 5.73 Å². The normalized spacial score (nSPS) is 11.0. The Morgan fingerprint density at radius 3 is 2.43 bits per heavy atom. The molecule has 0 bridgehead atoms. The predicted octanol–water partition coefficient (Wildman–Crippen LogP) is 3.35. The Morgan fingerprint density at radius 2 is 1.71 bits per heavy atom. The first-order valence-corrected chi connectivity index (χ1v) is 7.39. The van der Waals surface area contributed by atoms with Gasteiger partial charge < -0.3 is 10.6 Å². The van der Waals surface area contributed by atoms with Gasteiger partial charge in [0.25, 0.3) is 0 Å². The summed E-state index contributed by atoms with van der Waals surface area (Å²) in [6, 6.07) is 15.9. The van der Waals surface area contributed by atoms with Gasteiger partial charge in [0.05, 0.1) is 0 Å². The molecule has 2 aromatic rings. The van der Waals surface area contributed by atoms with Crippen LogP contribution < -0.4 is 5.73 Å². The van der Waals surface area contributed by atoms with E-state index in [1.54, 1.807) is 6.07 Å². The molecule has 0 spiro atoms. The number of hydrogen-bond acceptors (Lipinski definition) is 2. The average Bonchev–Trinajstić information content (AvgIpc) is 2.50. The van der Waals surface area contributed by atoms with Crippen molar-refractivity contribution in [1.29, 1.82) is 0 Å². The minimum Gasteiger partial charge on any atom is -0.326 e. The lowest BCUT2D eigenvalue weighted by Crippen LogP contribution is -2.20. The third kappa shape index (κ3) is 4.66. The second-order valence-electron chi connectivity index (χ2n) is 5.42. The van der Waals surface area contributed by atoms with E-state index >= 15 is 0 Å². The molecule has 2 N–H and O–H groups in total. The molecule has 0 amide bonds. The van der Waals surface area contributed by atoms with Crippen LogP contribution in [-0.4, -0.2) is 18.5 Å². The number of nitrogens with two attached hydrogens (primary N) is 1. The standard InChI is InChI=1S/C18H23FN2/c1-21(12-6-9-15-7-3-2-4-8-15)14-17-11-5-10-16(13-20)18(17)19/h2-5,7-8,10-11H,6,9,12-14,20H2,1H3. The van der Waals surface area contributed by atoms with Crippen LogP contribution in [0, 0.1) is 5.82 Å². The first-order chi connectivity index (χ1) is 10.2. The van der Waals surface area contributed by atoms with Gasteiger partial charge in [-0.3, -0.25) is 0 Å². The van der Waals surface area contributed by atoms with Crippen LogP contribution >= 0.6 is 0 Å². The van der Waals surface area contributed by atoms with E-state index in [9.17, 15) is 4.39 Å². The first-order valence-electron chi connectivity index (χ1n) is 7.39. The van der Waals surface area contributed by atoms with Gasteiger partial charge in [-0.25, -0.2) is 4.39 Å². The Bertz CT molecular complexity index is 554. The zero-order chi connectivity index (χ0) is 15.1. The minimum absolute atomic E-state index is 0.157. The Hall–Kier alpha value is -1.71. The van der Waals surface area contributed by atoms with Crippen LogP contribution in [0.4, 0.5) is 4.39 Å². The van der Waals surface area contributed by atoms with Crippen molar-refractivity contribution in [3.63, 3.8) is 0 Å². The molecule has 0 saturated heterocycles. The van der Waals surface area contributed by atoms with E-state index in [0.717, 1.165) is 24.9 Å². The predicted molar refractivity (Wildman–Crippen MR) is 85.4 cm³/mol. The molecule has 2 nitrogen and oxygen atoms in total. The van der Waals surface area contributed by atoms with Gasteiger partial charge in [-0.15, -0.1) is 0 Å². The van der Waals surface area contributed by atoms with E-state index in [2.05, 4.69) is 29.2 Å². The highest BCUT2D eigenvalue weighted by Gasteiger charge is 2.09. The van der Waals surface area contributed by atoms with Gasteiger partial charge in [0, 0.05) is 24.2 Å². The first kappa shape index (κ1) is 15.7. The molecule has 3 heteroatoms. The van der Waals surface area contributed by atoms with Gasteiger partial charge in [-0.1, -0.05) is 48.5 Å². The van der Waals surface area contributed by atoms with E-state index < -0.39 is 0 Å². The Labute approximate surface area is 126 Å². The van der Waals surface area contributed by atoms with Crippen molar-refractivity contribution in [2.75, 3.05) is 13.6 Å². The molecule has 2 aromatic carbocycles. The zero-order valence-corrected chi connectivity index (χ0v) is 12.6. The van der Waals surface area contributed by atoms with Crippen molar-refractivity contribution in [3.8, 4) is 0 Å². The molecule has 0 aromatic heterocycles. The van der Waals surface area contributed by atoms with E-state index in [4.69, 9.17) is 5.73 Å². The summed E-state index contributed by atoms with van der Waals surface area (Å²) in [5.41, 5.74) is 8.20. The summed E-state index contributed by atoms with van der Waals surface area (Å²) < 4.78 is 14.1. The van der Waals surface area contributed by atoms with E-state index in [1.165, 1.54) is 5.56 Å². The topological polar surface area (TPSA) is 29.3 Å². The Kier molecular flexibility index (Phi) is 5.90. The molecular weight excluding hydrogens is 263 g/mol. The molecule has 0 saturated carbocycles.